The van der Waals surface area contributed by atoms with E-state index >= 15 is 0 Å². The maximum atomic E-state index is 12.2. The quantitative estimate of drug-likeness (QED) is 0.724. The van der Waals surface area contributed by atoms with E-state index in [9.17, 15) is 4.79 Å². The van der Waals surface area contributed by atoms with Gasteiger partial charge >= 0.3 is 0 Å². The summed E-state index contributed by atoms with van der Waals surface area (Å²) in [6.07, 6.45) is 2.60. The van der Waals surface area contributed by atoms with Gasteiger partial charge in [-0.15, -0.1) is 0 Å². The van der Waals surface area contributed by atoms with Crippen LogP contribution in [-0.2, 0) is 11.2 Å². The van der Waals surface area contributed by atoms with Gasteiger partial charge < -0.3 is 4.90 Å². The average molecular weight is 345 g/mol. The van der Waals surface area contributed by atoms with Crippen LogP contribution in [0.2, 0.25) is 5.02 Å². The summed E-state index contributed by atoms with van der Waals surface area (Å²) in [6, 6.07) is 5.73. The first-order valence-corrected chi connectivity index (χ1v) is 8.20. The molecule has 2 nitrogen and oxygen atoms in total. The molecule has 2 rings (SSSR count). The minimum Gasteiger partial charge on any atom is -0.311 e. The number of benzene rings is 1. The highest BCUT2D eigenvalue weighted by Crippen LogP contribution is 2.37. The van der Waals surface area contributed by atoms with Gasteiger partial charge in [-0.3, -0.25) is 4.79 Å². The largest absolute Gasteiger partial charge is 0.311 e. The lowest BCUT2D eigenvalue weighted by atomic mass is 9.84. The Bertz CT molecular complexity index is 477. The summed E-state index contributed by atoms with van der Waals surface area (Å²) in [6.45, 7) is 5.13. The molecule has 0 unspecified atom stereocenters. The lowest BCUT2D eigenvalue weighted by Crippen LogP contribution is -2.40. The Labute approximate surface area is 128 Å². The molecule has 0 fully saturated rings. The fourth-order valence-electron chi connectivity index (χ4n) is 2.54. The van der Waals surface area contributed by atoms with Crippen LogP contribution in [0.3, 0.4) is 0 Å². The summed E-state index contributed by atoms with van der Waals surface area (Å²) in [7, 11) is 0. The second-order valence-corrected chi connectivity index (χ2v) is 6.27. The zero-order valence-corrected chi connectivity index (χ0v) is 13.7. The summed E-state index contributed by atoms with van der Waals surface area (Å²) < 4.78 is 0. The van der Waals surface area contributed by atoms with E-state index in [1.165, 1.54) is 0 Å². The van der Waals surface area contributed by atoms with Crippen molar-refractivity contribution in [3.05, 3.63) is 28.8 Å². The van der Waals surface area contributed by atoms with Gasteiger partial charge in [0.05, 0.1) is 6.42 Å². The molecule has 1 aliphatic rings. The number of halogens is 2. The van der Waals surface area contributed by atoms with E-state index < -0.39 is 0 Å². The molecule has 0 N–H and O–H groups in total. The summed E-state index contributed by atoms with van der Waals surface area (Å²) >= 11 is 9.67. The highest BCUT2D eigenvalue weighted by molar-refractivity contribution is 9.09. The summed E-state index contributed by atoms with van der Waals surface area (Å²) in [5, 5.41) is 1.60. The Morgan fingerprint density at radius 2 is 2.05 bits per heavy atom. The molecular weight excluding hydrogens is 326 g/mol. The monoisotopic (exact) mass is 343 g/mol. The van der Waals surface area contributed by atoms with Gasteiger partial charge in [-0.25, -0.2) is 0 Å². The minimum absolute atomic E-state index is 0.138. The molecule has 0 aliphatic carbocycles. The van der Waals surface area contributed by atoms with Gasteiger partial charge in [-0.05, 0) is 36.0 Å². The van der Waals surface area contributed by atoms with Crippen LogP contribution in [0.25, 0.3) is 0 Å². The first-order chi connectivity index (χ1) is 9.05. The van der Waals surface area contributed by atoms with Crippen molar-refractivity contribution in [2.45, 2.75) is 33.1 Å². The number of fused-ring (bicyclic) bond motifs is 1. The molecule has 104 valence electrons. The van der Waals surface area contributed by atoms with Crippen LogP contribution >= 0.6 is 27.5 Å². The Morgan fingerprint density at radius 3 is 2.63 bits per heavy atom. The van der Waals surface area contributed by atoms with Gasteiger partial charge in [0.25, 0.3) is 0 Å². The molecule has 1 heterocycles. The van der Waals surface area contributed by atoms with E-state index in [1.54, 1.807) is 0 Å². The normalized spacial score (nSPS) is 14.9. The van der Waals surface area contributed by atoms with E-state index in [0.717, 1.165) is 36.0 Å². The van der Waals surface area contributed by atoms with Gasteiger partial charge in [-0.2, -0.15) is 0 Å². The first kappa shape index (κ1) is 14.9. The molecule has 1 amide bonds. The average Bonchev–Trinajstić information content (AvgIpc) is 2.72. The highest BCUT2D eigenvalue weighted by Gasteiger charge is 2.34. The van der Waals surface area contributed by atoms with Gasteiger partial charge in [0.1, 0.15) is 0 Å². The number of carbonyl (C=O) groups excluding carboxylic acids is 1. The van der Waals surface area contributed by atoms with Gasteiger partial charge in [-0.1, -0.05) is 47.4 Å². The summed E-state index contributed by atoms with van der Waals surface area (Å²) in [5.41, 5.74) is 2.22. The third-order valence-corrected chi connectivity index (χ3v) is 5.68. The molecule has 0 spiro atoms. The maximum absolute atomic E-state index is 12.2. The molecule has 0 radical (unpaired) electrons. The Balaban J connectivity index is 2.31. The van der Waals surface area contributed by atoms with Gasteiger partial charge in [0.15, 0.2) is 0 Å². The summed E-state index contributed by atoms with van der Waals surface area (Å²) in [4.78, 5) is 14.1. The molecular formula is C15H19BrClNO. The van der Waals surface area contributed by atoms with Gasteiger partial charge in [0.2, 0.25) is 5.91 Å². The van der Waals surface area contributed by atoms with Crippen molar-refractivity contribution >= 4 is 39.1 Å². The third-order valence-electron chi connectivity index (χ3n) is 4.26. The van der Waals surface area contributed by atoms with Crippen LogP contribution in [0.1, 0.15) is 32.3 Å². The molecule has 1 aromatic carbocycles. The third kappa shape index (κ3) is 2.82. The standard InChI is InChI=1S/C15H19BrClNO/c1-3-15(4-2,9-16)10-18-13-8-12(17)6-5-11(13)7-14(18)19/h5-6,8H,3-4,7,9-10H2,1-2H3. The van der Waals surface area contributed by atoms with E-state index in [-0.39, 0.29) is 11.3 Å². The van der Waals surface area contributed by atoms with Crippen LogP contribution in [0, 0.1) is 5.41 Å². The number of anilines is 1. The number of amides is 1. The van der Waals surface area contributed by atoms with Crippen LogP contribution in [0.15, 0.2) is 18.2 Å². The van der Waals surface area contributed by atoms with Crippen molar-refractivity contribution in [3.63, 3.8) is 0 Å². The minimum atomic E-state index is 0.138. The number of nitrogens with zero attached hydrogens (tertiary/aromatic N) is 1. The molecule has 0 bridgehead atoms. The zero-order chi connectivity index (χ0) is 14.0. The van der Waals surface area contributed by atoms with E-state index in [0.29, 0.717) is 11.4 Å². The van der Waals surface area contributed by atoms with Crippen molar-refractivity contribution in [2.75, 3.05) is 16.8 Å². The fourth-order valence-corrected chi connectivity index (χ4v) is 3.68. The van der Waals surface area contributed by atoms with E-state index in [4.69, 9.17) is 11.6 Å². The van der Waals surface area contributed by atoms with Crippen molar-refractivity contribution in [2.24, 2.45) is 5.41 Å². The SMILES string of the molecule is CCC(CC)(CBr)CN1C(=O)Cc2ccc(Cl)cc21. The Morgan fingerprint density at radius 1 is 1.37 bits per heavy atom. The molecule has 0 atom stereocenters. The van der Waals surface area contributed by atoms with E-state index in [1.807, 2.05) is 23.1 Å². The van der Waals surface area contributed by atoms with Crippen molar-refractivity contribution in [1.82, 2.24) is 0 Å². The molecule has 0 saturated heterocycles. The molecule has 0 saturated carbocycles. The predicted molar refractivity (Wildman–Crippen MR) is 84.3 cm³/mol. The predicted octanol–water partition coefficient (Wildman–Crippen LogP) is 4.43. The summed E-state index contributed by atoms with van der Waals surface area (Å²) in [5.74, 6) is 0.185. The number of hydrogen-bond donors (Lipinski definition) is 0. The van der Waals surface area contributed by atoms with Crippen LogP contribution in [0.5, 0.6) is 0 Å². The molecule has 1 aromatic rings. The van der Waals surface area contributed by atoms with Crippen molar-refractivity contribution in [3.8, 4) is 0 Å². The van der Waals surface area contributed by atoms with Crippen LogP contribution < -0.4 is 4.90 Å². The second kappa shape index (κ2) is 5.84. The molecule has 19 heavy (non-hydrogen) atoms. The smallest absolute Gasteiger partial charge is 0.231 e. The Kier molecular flexibility index (Phi) is 4.57. The van der Waals surface area contributed by atoms with Crippen LogP contribution in [0.4, 0.5) is 5.69 Å². The number of carbonyl (C=O) groups is 1. The second-order valence-electron chi connectivity index (χ2n) is 5.27. The van der Waals surface area contributed by atoms with Crippen LogP contribution in [-0.4, -0.2) is 17.8 Å². The first-order valence-electron chi connectivity index (χ1n) is 6.70. The van der Waals surface area contributed by atoms with Crippen molar-refractivity contribution < 1.29 is 4.79 Å². The zero-order valence-electron chi connectivity index (χ0n) is 11.4. The van der Waals surface area contributed by atoms with Crippen molar-refractivity contribution in [1.29, 1.82) is 0 Å². The molecule has 0 aromatic heterocycles. The Hall–Kier alpha value is -0.540. The highest BCUT2D eigenvalue weighted by atomic mass is 79.9. The number of alkyl halides is 1. The van der Waals surface area contributed by atoms with E-state index in [2.05, 4.69) is 29.8 Å². The fraction of sp³-hybridized carbons (Fsp3) is 0.533. The molecule has 1 aliphatic heterocycles. The van der Waals surface area contributed by atoms with Gasteiger partial charge in [0, 0.05) is 22.6 Å². The topological polar surface area (TPSA) is 20.3 Å². The maximum Gasteiger partial charge on any atom is 0.231 e. The number of hydrogen-bond acceptors (Lipinski definition) is 1. The lowest BCUT2D eigenvalue weighted by molar-refractivity contribution is -0.117. The number of rotatable bonds is 5. The lowest BCUT2D eigenvalue weighted by Gasteiger charge is -2.34. The molecule has 4 heteroatoms.